The Labute approximate surface area is 260 Å². The molecule has 0 saturated heterocycles. The SMILES string of the molecule is FC(F)(F)C(F)(F)C(F)(F)C(F)(F)C(F)(F)C(F)(F)Cn1c(S)c(S)n(CC(F)(F)C(F)(F)C(F)(F)C(F)(F)C(F)(F)C(F)(F)F)c1=S. The van der Waals surface area contributed by atoms with Crippen molar-refractivity contribution < 1.29 is 114 Å². The standard InChI is InChI=1S/C17H6F26N2S3/c18-6(19,8(22,23)10(26,27)12(30,31)14(34,35)16(38,39)40)1-44-3(46)4(47)45(5(44)48)2-7(20,21)9(24,25)11(28,29)13(32,33)15(36,37)17(41,42)43/h46-47H,1-2H2. The van der Waals surface area contributed by atoms with E-state index in [0.717, 1.165) is 0 Å². The molecular formula is C17H6F26N2S3. The van der Waals surface area contributed by atoms with Gasteiger partial charge in [-0.15, -0.1) is 25.3 Å². The van der Waals surface area contributed by atoms with E-state index in [2.05, 4.69) is 37.5 Å². The maximum Gasteiger partial charge on any atom is 0.460 e. The summed E-state index contributed by atoms with van der Waals surface area (Å²) in [6.45, 7) is -7.15. The van der Waals surface area contributed by atoms with Crippen LogP contribution < -0.4 is 0 Å². The highest BCUT2D eigenvalue weighted by Crippen LogP contribution is 2.62. The molecule has 0 aliphatic rings. The molecule has 0 spiro atoms. The molecule has 0 aliphatic heterocycles. The molecule has 0 saturated carbocycles. The highest BCUT2D eigenvalue weighted by Gasteiger charge is 2.92. The van der Waals surface area contributed by atoms with Crippen molar-refractivity contribution >= 4 is 37.5 Å². The van der Waals surface area contributed by atoms with Crippen LogP contribution in [0.15, 0.2) is 10.1 Å². The average Bonchev–Trinajstić information content (AvgIpc) is 3.04. The van der Waals surface area contributed by atoms with Gasteiger partial charge in [0.05, 0.1) is 13.1 Å². The topological polar surface area (TPSA) is 9.86 Å². The van der Waals surface area contributed by atoms with Crippen LogP contribution in [0.5, 0.6) is 0 Å². The molecule has 0 bridgehead atoms. The third-order valence-electron chi connectivity index (χ3n) is 5.88. The third-order valence-corrected chi connectivity index (χ3v) is 7.41. The van der Waals surface area contributed by atoms with Gasteiger partial charge in [-0.1, -0.05) is 0 Å². The molecule has 0 aromatic carbocycles. The molecule has 1 aromatic heterocycles. The summed E-state index contributed by atoms with van der Waals surface area (Å²) in [7, 11) is 0. The quantitative estimate of drug-likeness (QED) is 0.121. The van der Waals surface area contributed by atoms with Crippen molar-refractivity contribution in [1.82, 2.24) is 9.13 Å². The second-order valence-corrected chi connectivity index (χ2v) is 10.3. The minimum absolute atomic E-state index is 1.14. The summed E-state index contributed by atoms with van der Waals surface area (Å²) < 4.78 is 342. The van der Waals surface area contributed by atoms with Crippen LogP contribution in [0.2, 0.25) is 0 Å². The van der Waals surface area contributed by atoms with Crippen molar-refractivity contribution in [1.29, 1.82) is 0 Å². The average molecular weight is 828 g/mol. The van der Waals surface area contributed by atoms with E-state index in [1.165, 1.54) is 0 Å². The third kappa shape index (κ3) is 5.94. The van der Waals surface area contributed by atoms with Gasteiger partial charge < -0.3 is 9.13 Å². The van der Waals surface area contributed by atoms with Crippen LogP contribution in [0, 0.1) is 4.77 Å². The van der Waals surface area contributed by atoms with Crippen molar-refractivity contribution in [2.45, 2.75) is 94.7 Å². The molecule has 0 aliphatic carbocycles. The number of aromatic nitrogens is 2. The summed E-state index contributed by atoms with van der Waals surface area (Å²) in [5.74, 6) is -80.4. The number of alkyl halides is 26. The summed E-state index contributed by atoms with van der Waals surface area (Å²) in [4.78, 5) is 0. The van der Waals surface area contributed by atoms with Crippen molar-refractivity contribution in [3.05, 3.63) is 4.77 Å². The predicted molar refractivity (Wildman–Crippen MR) is 109 cm³/mol. The Morgan fingerprint density at radius 1 is 0.354 bits per heavy atom. The first-order valence-electron chi connectivity index (χ1n) is 10.5. The number of nitrogens with zero attached hydrogens (tertiary/aromatic N) is 2. The van der Waals surface area contributed by atoms with Crippen molar-refractivity contribution in [3.8, 4) is 0 Å². The van der Waals surface area contributed by atoms with Gasteiger partial charge in [0.25, 0.3) is 0 Å². The Morgan fingerprint density at radius 2 is 0.542 bits per heavy atom. The lowest BCUT2D eigenvalue weighted by Crippen LogP contribution is -2.70. The molecule has 1 rings (SSSR count). The summed E-state index contributed by atoms with van der Waals surface area (Å²) in [6.07, 6.45) is -15.6. The van der Waals surface area contributed by atoms with Gasteiger partial charge in [-0.05, 0) is 12.2 Å². The molecule has 0 fully saturated rings. The van der Waals surface area contributed by atoms with Gasteiger partial charge in [-0.3, -0.25) is 0 Å². The summed E-state index contributed by atoms with van der Waals surface area (Å²) in [6, 6.07) is 0. The Bertz CT molecular complexity index is 1310. The van der Waals surface area contributed by atoms with Crippen LogP contribution in [0.1, 0.15) is 0 Å². The van der Waals surface area contributed by atoms with E-state index >= 15 is 0 Å². The lowest BCUT2D eigenvalue weighted by atomic mass is 9.94. The normalized spacial score (nSPS) is 16.2. The van der Waals surface area contributed by atoms with E-state index < -0.39 is 109 Å². The number of hydrogen-bond donors (Lipinski definition) is 2. The number of imidazole rings is 1. The number of thiol groups is 2. The maximum absolute atomic E-state index is 14.3. The maximum atomic E-state index is 14.3. The van der Waals surface area contributed by atoms with Crippen LogP contribution in [-0.2, 0) is 13.1 Å². The molecular weight excluding hydrogens is 822 g/mol. The molecule has 0 amide bonds. The number of halogens is 26. The highest BCUT2D eigenvalue weighted by molar-refractivity contribution is 7.83. The second-order valence-electron chi connectivity index (χ2n) is 9.10. The van der Waals surface area contributed by atoms with Crippen LogP contribution >= 0.6 is 37.5 Å². The monoisotopic (exact) mass is 828 g/mol. The molecule has 0 unspecified atom stereocenters. The van der Waals surface area contributed by atoms with Crippen LogP contribution in [-0.4, -0.2) is 80.7 Å². The largest absolute Gasteiger partial charge is 0.460 e. The van der Waals surface area contributed by atoms with Gasteiger partial charge in [-0.25, -0.2) is 0 Å². The van der Waals surface area contributed by atoms with Crippen LogP contribution in [0.3, 0.4) is 0 Å². The van der Waals surface area contributed by atoms with Gasteiger partial charge >= 0.3 is 71.6 Å². The Kier molecular flexibility index (Phi) is 10.8. The van der Waals surface area contributed by atoms with E-state index in [1.54, 1.807) is 0 Å². The van der Waals surface area contributed by atoms with E-state index in [-0.39, 0.29) is 0 Å². The number of rotatable bonds is 12. The second kappa shape index (κ2) is 11.7. The summed E-state index contributed by atoms with van der Waals surface area (Å²) in [5.41, 5.74) is 0. The zero-order chi connectivity index (χ0) is 39.3. The lowest BCUT2D eigenvalue weighted by molar-refractivity contribution is -0.440. The molecule has 31 heteroatoms. The Hall–Kier alpha value is -1.69. The molecule has 0 atom stereocenters. The minimum atomic E-state index is -8.43. The van der Waals surface area contributed by atoms with E-state index in [1.807, 2.05) is 0 Å². The van der Waals surface area contributed by atoms with Crippen LogP contribution in [0.25, 0.3) is 0 Å². The smallest absolute Gasteiger partial charge is 0.305 e. The van der Waals surface area contributed by atoms with Gasteiger partial charge in [0.15, 0.2) is 4.77 Å². The molecule has 284 valence electrons. The minimum Gasteiger partial charge on any atom is -0.305 e. The fourth-order valence-electron chi connectivity index (χ4n) is 3.05. The molecule has 0 radical (unpaired) electrons. The van der Waals surface area contributed by atoms with Gasteiger partial charge in [-0.2, -0.15) is 114 Å². The lowest BCUT2D eigenvalue weighted by Gasteiger charge is -2.40. The first-order chi connectivity index (χ1) is 20.4. The fraction of sp³-hybridized carbons (Fsp3) is 0.824. The van der Waals surface area contributed by atoms with E-state index in [9.17, 15) is 114 Å². The van der Waals surface area contributed by atoms with Crippen molar-refractivity contribution in [2.75, 3.05) is 0 Å². The highest BCUT2D eigenvalue weighted by atomic mass is 32.1. The first kappa shape index (κ1) is 44.3. The Morgan fingerprint density at radius 3 is 0.729 bits per heavy atom. The number of hydrogen-bond acceptors (Lipinski definition) is 3. The molecule has 0 N–H and O–H groups in total. The zero-order valence-electron chi connectivity index (χ0n) is 20.9. The molecule has 48 heavy (non-hydrogen) atoms. The molecule has 1 heterocycles. The van der Waals surface area contributed by atoms with Crippen molar-refractivity contribution in [2.24, 2.45) is 0 Å². The fourth-order valence-corrected chi connectivity index (χ4v) is 4.07. The van der Waals surface area contributed by atoms with Gasteiger partial charge in [0.1, 0.15) is 10.1 Å². The Balaban J connectivity index is 3.76. The molecule has 2 nitrogen and oxygen atoms in total. The van der Waals surface area contributed by atoms with E-state index in [0.29, 0.717) is 0 Å². The summed E-state index contributed by atoms with van der Waals surface area (Å²) >= 11 is 10.0. The van der Waals surface area contributed by atoms with E-state index in [4.69, 9.17) is 0 Å². The zero-order valence-corrected chi connectivity index (χ0v) is 23.5. The van der Waals surface area contributed by atoms with Gasteiger partial charge in [0.2, 0.25) is 0 Å². The van der Waals surface area contributed by atoms with Crippen molar-refractivity contribution in [3.63, 3.8) is 0 Å². The summed E-state index contributed by atoms with van der Waals surface area (Å²) in [5, 5.41) is -3.79. The van der Waals surface area contributed by atoms with Gasteiger partial charge in [0, 0.05) is 0 Å². The first-order valence-corrected chi connectivity index (χ1v) is 11.9. The van der Waals surface area contributed by atoms with Crippen LogP contribution in [0.4, 0.5) is 114 Å². The predicted octanol–water partition coefficient (Wildman–Crippen LogP) is 10.1. The molecule has 1 aromatic rings.